The number of fused-ring (bicyclic) bond motifs is 1. The van der Waals surface area contributed by atoms with Gasteiger partial charge in [-0.1, -0.05) is 18.2 Å². The first-order valence-corrected chi connectivity index (χ1v) is 10.8. The van der Waals surface area contributed by atoms with Gasteiger partial charge < -0.3 is 24.7 Å². The van der Waals surface area contributed by atoms with Gasteiger partial charge in [-0.15, -0.1) is 0 Å². The molecule has 2 N–H and O–H groups in total. The lowest BCUT2D eigenvalue weighted by Crippen LogP contribution is -2.21. The summed E-state index contributed by atoms with van der Waals surface area (Å²) < 4.78 is 22.1. The van der Waals surface area contributed by atoms with Crippen molar-refractivity contribution in [3.05, 3.63) is 98.9 Å². The molecule has 1 heterocycles. The minimum absolute atomic E-state index is 0.0216. The Morgan fingerprint density at radius 1 is 1.17 bits per heavy atom. The van der Waals surface area contributed by atoms with Gasteiger partial charge in [-0.3, -0.25) is 10.1 Å². The molecule has 0 radical (unpaired) electrons. The van der Waals surface area contributed by atoms with E-state index >= 15 is 0 Å². The Labute approximate surface area is 206 Å². The van der Waals surface area contributed by atoms with Crippen LogP contribution in [-0.4, -0.2) is 24.6 Å². The molecule has 0 amide bonds. The molecule has 4 rings (SSSR count). The molecule has 1 aliphatic heterocycles. The average molecular weight is 487 g/mol. The van der Waals surface area contributed by atoms with Crippen molar-refractivity contribution < 1.29 is 28.7 Å². The number of nitriles is 1. The average Bonchev–Trinajstić information content (AvgIpc) is 2.88. The number of hydrogen-bond acceptors (Lipinski definition) is 9. The van der Waals surface area contributed by atoms with Gasteiger partial charge in [0, 0.05) is 23.8 Å². The van der Waals surface area contributed by atoms with Crippen LogP contribution in [0.5, 0.6) is 23.0 Å². The molecule has 10 nitrogen and oxygen atoms in total. The summed E-state index contributed by atoms with van der Waals surface area (Å²) in [5.74, 6) is 0.0872. The second kappa shape index (κ2) is 10.1. The van der Waals surface area contributed by atoms with Crippen molar-refractivity contribution in [1.29, 1.82) is 5.26 Å². The molecule has 0 saturated heterocycles. The summed E-state index contributed by atoms with van der Waals surface area (Å²) in [6.45, 7) is 2.33. The van der Waals surface area contributed by atoms with E-state index in [-0.39, 0.29) is 28.5 Å². The molecule has 3 aromatic rings. The van der Waals surface area contributed by atoms with Crippen LogP contribution in [0.15, 0.2) is 72.1 Å². The van der Waals surface area contributed by atoms with E-state index in [1.54, 1.807) is 24.3 Å². The predicted molar refractivity (Wildman–Crippen MR) is 128 cm³/mol. The number of nitro benzene ring substituents is 1. The normalized spacial score (nSPS) is 14.2. The van der Waals surface area contributed by atoms with Gasteiger partial charge in [-0.2, -0.15) is 5.26 Å². The monoisotopic (exact) mass is 487 g/mol. The first-order chi connectivity index (χ1) is 17.4. The number of rotatable bonds is 7. The number of esters is 1. The third-order valence-corrected chi connectivity index (χ3v) is 5.51. The molecule has 0 aliphatic carbocycles. The van der Waals surface area contributed by atoms with Gasteiger partial charge in [0.05, 0.1) is 30.1 Å². The highest BCUT2D eigenvalue weighted by atomic mass is 16.6. The maximum Gasteiger partial charge on any atom is 0.343 e. The maximum absolute atomic E-state index is 12.6. The molecule has 3 aromatic carbocycles. The molecular weight excluding hydrogens is 466 g/mol. The van der Waals surface area contributed by atoms with Crippen LogP contribution in [-0.2, 0) is 0 Å². The molecule has 1 aliphatic rings. The number of carbonyl (C=O) groups is 1. The fourth-order valence-electron chi connectivity index (χ4n) is 3.89. The van der Waals surface area contributed by atoms with Crippen LogP contribution < -0.4 is 24.7 Å². The number of allylic oxidation sites excluding steroid dienone is 1. The molecule has 1 atom stereocenters. The molecule has 0 fully saturated rings. The number of ether oxygens (including phenoxy) is 4. The second-order valence-corrected chi connectivity index (χ2v) is 7.66. The number of carbonyl (C=O) groups excluding carboxylic acids is 1. The third kappa shape index (κ3) is 4.63. The van der Waals surface area contributed by atoms with Gasteiger partial charge in [0.15, 0.2) is 11.5 Å². The smallest absolute Gasteiger partial charge is 0.343 e. The minimum Gasteiger partial charge on any atom is -0.493 e. The van der Waals surface area contributed by atoms with E-state index in [1.165, 1.54) is 31.4 Å². The van der Waals surface area contributed by atoms with E-state index in [0.29, 0.717) is 29.4 Å². The number of nitrogens with two attached hydrogens (primary N) is 1. The van der Waals surface area contributed by atoms with Gasteiger partial charge in [-0.25, -0.2) is 4.79 Å². The Bertz CT molecular complexity index is 1430. The Hall–Kier alpha value is -5.04. The van der Waals surface area contributed by atoms with Crippen LogP contribution in [0.1, 0.15) is 34.3 Å². The van der Waals surface area contributed by atoms with Crippen LogP contribution in [0.25, 0.3) is 0 Å². The largest absolute Gasteiger partial charge is 0.493 e. The number of nitro groups is 1. The summed E-state index contributed by atoms with van der Waals surface area (Å²) >= 11 is 0. The number of nitrogens with zero attached hydrogens (tertiary/aromatic N) is 2. The van der Waals surface area contributed by atoms with E-state index in [2.05, 4.69) is 6.07 Å². The van der Waals surface area contributed by atoms with Gasteiger partial charge in [0.1, 0.15) is 23.1 Å². The Morgan fingerprint density at radius 2 is 1.97 bits per heavy atom. The van der Waals surface area contributed by atoms with Crippen LogP contribution in [0.3, 0.4) is 0 Å². The zero-order valence-corrected chi connectivity index (χ0v) is 19.4. The lowest BCUT2D eigenvalue weighted by molar-refractivity contribution is -0.384. The van der Waals surface area contributed by atoms with Crippen molar-refractivity contribution in [3.63, 3.8) is 0 Å². The minimum atomic E-state index is -0.775. The Morgan fingerprint density at radius 3 is 2.67 bits per heavy atom. The van der Waals surface area contributed by atoms with Crippen LogP contribution in [0, 0.1) is 21.4 Å². The van der Waals surface area contributed by atoms with Gasteiger partial charge in [0.2, 0.25) is 5.88 Å². The number of hydrogen-bond donors (Lipinski definition) is 1. The van der Waals surface area contributed by atoms with Crippen molar-refractivity contribution in [2.75, 3.05) is 13.7 Å². The van der Waals surface area contributed by atoms with Crippen LogP contribution >= 0.6 is 0 Å². The lowest BCUT2D eigenvalue weighted by Gasteiger charge is -2.27. The van der Waals surface area contributed by atoms with E-state index in [9.17, 15) is 20.2 Å². The first-order valence-electron chi connectivity index (χ1n) is 10.8. The summed E-state index contributed by atoms with van der Waals surface area (Å²) in [4.78, 5) is 23.0. The topological polar surface area (TPSA) is 147 Å². The molecule has 36 heavy (non-hydrogen) atoms. The quantitative estimate of drug-likeness (QED) is 0.221. The zero-order valence-electron chi connectivity index (χ0n) is 19.4. The zero-order chi connectivity index (χ0) is 25.8. The third-order valence-electron chi connectivity index (χ3n) is 5.51. The number of non-ortho nitro benzene ring substituents is 1. The van der Waals surface area contributed by atoms with Crippen molar-refractivity contribution in [3.8, 4) is 29.1 Å². The van der Waals surface area contributed by atoms with Crippen LogP contribution in [0.4, 0.5) is 5.69 Å². The van der Waals surface area contributed by atoms with Crippen molar-refractivity contribution in [2.45, 2.75) is 12.8 Å². The van der Waals surface area contributed by atoms with E-state index in [4.69, 9.17) is 24.7 Å². The second-order valence-electron chi connectivity index (χ2n) is 7.66. The summed E-state index contributed by atoms with van der Waals surface area (Å²) in [6, 6.07) is 17.4. The first kappa shape index (κ1) is 24.1. The number of benzene rings is 3. The van der Waals surface area contributed by atoms with Crippen molar-refractivity contribution in [2.24, 2.45) is 5.73 Å². The molecule has 0 spiro atoms. The highest BCUT2D eigenvalue weighted by molar-refractivity contribution is 5.91. The number of methoxy groups -OCH3 is 1. The lowest BCUT2D eigenvalue weighted by atomic mass is 9.83. The van der Waals surface area contributed by atoms with Crippen molar-refractivity contribution in [1.82, 2.24) is 0 Å². The van der Waals surface area contributed by atoms with Gasteiger partial charge in [-0.05, 0) is 36.8 Å². The molecule has 182 valence electrons. The predicted octanol–water partition coefficient (Wildman–Crippen LogP) is 4.44. The summed E-state index contributed by atoms with van der Waals surface area (Å²) in [7, 11) is 1.52. The van der Waals surface area contributed by atoms with E-state index < -0.39 is 16.8 Å². The highest BCUT2D eigenvalue weighted by Crippen LogP contribution is 2.45. The summed E-state index contributed by atoms with van der Waals surface area (Å²) in [6.07, 6.45) is 0. The summed E-state index contributed by atoms with van der Waals surface area (Å²) in [5, 5.41) is 20.8. The fraction of sp³-hybridized carbons (Fsp3) is 0.154. The Kier molecular flexibility index (Phi) is 6.74. The molecular formula is C26H21N3O7. The molecule has 10 heteroatoms. The fourth-order valence-corrected chi connectivity index (χ4v) is 3.89. The SMILES string of the molecule is CCOc1ccc(C2C(C#N)=C(N)Oc3cc(OC(=O)c4cccc([N+](=O)[O-])c4)ccc32)cc1OC. The summed E-state index contributed by atoms with van der Waals surface area (Å²) in [5.41, 5.74) is 7.44. The molecule has 0 saturated carbocycles. The molecule has 1 unspecified atom stereocenters. The highest BCUT2D eigenvalue weighted by Gasteiger charge is 2.32. The van der Waals surface area contributed by atoms with E-state index in [0.717, 1.165) is 11.6 Å². The molecule has 0 aromatic heterocycles. The maximum atomic E-state index is 12.6. The van der Waals surface area contributed by atoms with Crippen LogP contribution in [0.2, 0.25) is 0 Å². The Balaban J connectivity index is 1.69. The van der Waals surface area contributed by atoms with Crippen molar-refractivity contribution >= 4 is 11.7 Å². The standard InChI is InChI=1S/C26H21N3O7/c1-3-34-21-10-7-15(12-23(21)33-2)24-19-9-8-18(13-22(19)36-25(28)20(24)14-27)35-26(30)16-5-4-6-17(11-16)29(31)32/h4-13,24H,3,28H2,1-2H3. The van der Waals surface area contributed by atoms with E-state index in [1.807, 2.05) is 13.0 Å². The van der Waals surface area contributed by atoms with Gasteiger partial charge >= 0.3 is 5.97 Å². The van der Waals surface area contributed by atoms with Gasteiger partial charge in [0.25, 0.3) is 5.69 Å². The molecule has 0 bridgehead atoms.